The molecular weight excluding hydrogens is 180 g/mol. The maximum Gasteiger partial charge on any atom is 0.333 e. The maximum absolute atomic E-state index is 10.6. The Hall–Kier alpha value is -1.09. The van der Waals surface area contributed by atoms with Crippen LogP contribution in [0.5, 0.6) is 0 Å². The summed E-state index contributed by atoms with van der Waals surface area (Å²) in [5.41, 5.74) is 0.375. The average molecular weight is 198 g/mol. The number of hydrogen-bond acceptors (Lipinski definition) is 2. The molecular formula is C11H18O3. The van der Waals surface area contributed by atoms with E-state index in [-0.39, 0.29) is 5.57 Å². The van der Waals surface area contributed by atoms with Gasteiger partial charge in [0, 0.05) is 0 Å². The third-order valence-corrected chi connectivity index (χ3v) is 2.26. The summed E-state index contributed by atoms with van der Waals surface area (Å²) in [6.45, 7) is 14.4. The topological polar surface area (TPSA) is 46.5 Å². The molecule has 3 heteroatoms. The fourth-order valence-electron chi connectivity index (χ4n) is 0.788. The molecule has 3 nitrogen and oxygen atoms in total. The Morgan fingerprint density at radius 1 is 1.43 bits per heavy atom. The second-order valence-corrected chi connectivity index (χ2v) is 3.88. The van der Waals surface area contributed by atoms with Crippen molar-refractivity contribution in [3.63, 3.8) is 0 Å². The largest absolute Gasteiger partial charge is 0.478 e. The van der Waals surface area contributed by atoms with Crippen molar-refractivity contribution < 1.29 is 14.6 Å². The lowest BCUT2D eigenvalue weighted by Crippen LogP contribution is -2.32. The number of ether oxygens (including phenoxy) is 1. The average Bonchev–Trinajstić information content (AvgIpc) is 2.01. The van der Waals surface area contributed by atoms with E-state index in [4.69, 9.17) is 9.84 Å². The van der Waals surface area contributed by atoms with Crippen molar-refractivity contribution in [1.82, 2.24) is 0 Å². The number of hydrogen-bond donors (Lipinski definition) is 1. The SMILES string of the molecule is C=C(C(=O)O)C(C)OC(C)(C)C(=C)C. The summed E-state index contributed by atoms with van der Waals surface area (Å²) >= 11 is 0. The van der Waals surface area contributed by atoms with E-state index in [9.17, 15) is 4.79 Å². The Labute approximate surface area is 85.1 Å². The second-order valence-electron chi connectivity index (χ2n) is 3.88. The molecule has 0 aliphatic carbocycles. The first-order valence-corrected chi connectivity index (χ1v) is 4.44. The Morgan fingerprint density at radius 3 is 2.14 bits per heavy atom. The number of rotatable bonds is 5. The van der Waals surface area contributed by atoms with Gasteiger partial charge in [-0.25, -0.2) is 4.79 Å². The molecule has 0 aromatic heterocycles. The van der Waals surface area contributed by atoms with E-state index in [1.807, 2.05) is 20.8 Å². The zero-order chi connectivity index (χ0) is 11.5. The molecule has 1 atom stereocenters. The van der Waals surface area contributed by atoms with Crippen LogP contribution in [0, 0.1) is 0 Å². The van der Waals surface area contributed by atoms with Gasteiger partial charge in [0.05, 0.1) is 17.3 Å². The standard InChI is InChI=1S/C11H18O3/c1-7(2)11(5,6)14-9(4)8(3)10(12)13/h9H,1,3H2,2,4-6H3,(H,12,13). The zero-order valence-electron chi connectivity index (χ0n) is 9.26. The molecule has 0 radical (unpaired) electrons. The van der Waals surface area contributed by atoms with Crippen molar-refractivity contribution in [2.45, 2.75) is 39.4 Å². The van der Waals surface area contributed by atoms with Gasteiger partial charge in [-0.3, -0.25) is 0 Å². The highest BCUT2D eigenvalue weighted by atomic mass is 16.5. The lowest BCUT2D eigenvalue weighted by atomic mass is 10.0. The molecule has 0 aromatic rings. The van der Waals surface area contributed by atoms with Crippen LogP contribution >= 0.6 is 0 Å². The van der Waals surface area contributed by atoms with Gasteiger partial charge in [-0.15, -0.1) is 0 Å². The van der Waals surface area contributed by atoms with E-state index < -0.39 is 17.7 Å². The molecule has 0 heterocycles. The molecule has 0 aliphatic heterocycles. The summed E-state index contributed by atoms with van der Waals surface area (Å²) in [5, 5.41) is 8.69. The summed E-state index contributed by atoms with van der Waals surface area (Å²) < 4.78 is 5.54. The quantitative estimate of drug-likeness (QED) is 0.545. The summed E-state index contributed by atoms with van der Waals surface area (Å²) in [6.07, 6.45) is -0.515. The van der Waals surface area contributed by atoms with Crippen LogP contribution in [0.4, 0.5) is 0 Å². The molecule has 0 rings (SSSR count). The van der Waals surface area contributed by atoms with Gasteiger partial charge in [0.1, 0.15) is 0 Å². The highest BCUT2D eigenvalue weighted by Gasteiger charge is 2.25. The van der Waals surface area contributed by atoms with Crippen molar-refractivity contribution in [3.8, 4) is 0 Å². The van der Waals surface area contributed by atoms with E-state index in [0.29, 0.717) is 0 Å². The van der Waals surface area contributed by atoms with Crippen LogP contribution in [-0.2, 0) is 9.53 Å². The number of aliphatic carboxylic acids is 1. The van der Waals surface area contributed by atoms with Gasteiger partial charge in [-0.05, 0) is 33.3 Å². The fraction of sp³-hybridized carbons (Fsp3) is 0.545. The predicted molar refractivity (Wildman–Crippen MR) is 56.2 cm³/mol. The van der Waals surface area contributed by atoms with E-state index in [1.165, 1.54) is 0 Å². The van der Waals surface area contributed by atoms with Crippen molar-refractivity contribution in [2.75, 3.05) is 0 Å². The lowest BCUT2D eigenvalue weighted by molar-refractivity contribution is -0.135. The van der Waals surface area contributed by atoms with Gasteiger partial charge in [-0.2, -0.15) is 0 Å². The van der Waals surface area contributed by atoms with E-state index in [1.54, 1.807) is 6.92 Å². The lowest BCUT2D eigenvalue weighted by Gasteiger charge is -2.29. The highest BCUT2D eigenvalue weighted by Crippen LogP contribution is 2.22. The zero-order valence-corrected chi connectivity index (χ0v) is 9.26. The predicted octanol–water partition coefficient (Wildman–Crippen LogP) is 2.39. The molecule has 0 amide bonds. The Bertz CT molecular complexity index is 264. The van der Waals surface area contributed by atoms with Gasteiger partial charge in [-0.1, -0.05) is 13.2 Å². The first-order valence-electron chi connectivity index (χ1n) is 4.44. The van der Waals surface area contributed by atoms with Gasteiger partial charge in [0.25, 0.3) is 0 Å². The molecule has 0 fully saturated rings. The summed E-state index contributed by atoms with van der Waals surface area (Å²) in [4.78, 5) is 10.6. The van der Waals surface area contributed by atoms with Gasteiger partial charge >= 0.3 is 5.97 Å². The molecule has 0 aliphatic rings. The molecule has 0 saturated heterocycles. The highest BCUT2D eigenvalue weighted by molar-refractivity contribution is 5.86. The third-order valence-electron chi connectivity index (χ3n) is 2.26. The summed E-state index contributed by atoms with van der Waals surface area (Å²) in [5.74, 6) is -1.03. The van der Waals surface area contributed by atoms with Crippen LogP contribution in [0.1, 0.15) is 27.7 Å². The van der Waals surface area contributed by atoms with Gasteiger partial charge in [0.2, 0.25) is 0 Å². The summed E-state index contributed by atoms with van der Waals surface area (Å²) in [7, 11) is 0. The maximum atomic E-state index is 10.6. The third kappa shape index (κ3) is 3.34. The minimum absolute atomic E-state index is 0.0549. The van der Waals surface area contributed by atoms with Gasteiger partial charge < -0.3 is 9.84 Å². The van der Waals surface area contributed by atoms with Crippen molar-refractivity contribution in [2.24, 2.45) is 0 Å². The monoisotopic (exact) mass is 198 g/mol. The van der Waals surface area contributed by atoms with E-state index >= 15 is 0 Å². The smallest absolute Gasteiger partial charge is 0.333 e. The first-order chi connectivity index (χ1) is 6.18. The van der Waals surface area contributed by atoms with Crippen molar-refractivity contribution in [1.29, 1.82) is 0 Å². The van der Waals surface area contributed by atoms with Crippen LogP contribution in [0.2, 0.25) is 0 Å². The molecule has 0 spiro atoms. The van der Waals surface area contributed by atoms with Crippen LogP contribution in [0.3, 0.4) is 0 Å². The van der Waals surface area contributed by atoms with Crippen LogP contribution in [0.15, 0.2) is 24.3 Å². The Kier molecular flexibility index (Phi) is 4.08. The molecule has 0 bridgehead atoms. The Morgan fingerprint density at radius 2 is 1.86 bits per heavy atom. The molecule has 0 aromatic carbocycles. The first kappa shape index (κ1) is 12.9. The molecule has 14 heavy (non-hydrogen) atoms. The van der Waals surface area contributed by atoms with Crippen molar-refractivity contribution >= 4 is 5.97 Å². The number of carboxylic acid groups (broad SMARTS) is 1. The molecule has 80 valence electrons. The molecule has 1 unspecified atom stereocenters. The number of carbonyl (C=O) groups is 1. The second kappa shape index (κ2) is 4.42. The Balaban J connectivity index is 4.47. The van der Waals surface area contributed by atoms with Crippen LogP contribution in [-0.4, -0.2) is 22.8 Å². The molecule has 1 N–H and O–H groups in total. The summed E-state index contributed by atoms with van der Waals surface area (Å²) in [6, 6.07) is 0. The van der Waals surface area contributed by atoms with Gasteiger partial charge in [0.15, 0.2) is 0 Å². The molecule has 0 saturated carbocycles. The van der Waals surface area contributed by atoms with E-state index in [2.05, 4.69) is 13.2 Å². The normalized spacial score (nSPS) is 13.4. The van der Waals surface area contributed by atoms with Crippen LogP contribution in [0.25, 0.3) is 0 Å². The number of carboxylic acids is 1. The fourth-order valence-corrected chi connectivity index (χ4v) is 0.788. The minimum atomic E-state index is -1.03. The van der Waals surface area contributed by atoms with E-state index in [0.717, 1.165) is 5.57 Å². The minimum Gasteiger partial charge on any atom is -0.478 e. The van der Waals surface area contributed by atoms with Crippen LogP contribution < -0.4 is 0 Å². The van der Waals surface area contributed by atoms with Crippen molar-refractivity contribution in [3.05, 3.63) is 24.3 Å².